The summed E-state index contributed by atoms with van der Waals surface area (Å²) >= 11 is 0. The summed E-state index contributed by atoms with van der Waals surface area (Å²) in [6.45, 7) is 4.34. The van der Waals surface area contributed by atoms with Gasteiger partial charge in [-0.3, -0.25) is 0 Å². The zero-order valence-corrected chi connectivity index (χ0v) is 10.3. The lowest BCUT2D eigenvalue weighted by Gasteiger charge is -2.07. The Labute approximate surface area is 102 Å². The molecule has 92 valence electrons. The van der Waals surface area contributed by atoms with Crippen molar-refractivity contribution < 1.29 is 14.3 Å². The van der Waals surface area contributed by atoms with Crippen LogP contribution in [0.5, 0.6) is 0 Å². The number of hydrogen-bond acceptors (Lipinski definition) is 3. The van der Waals surface area contributed by atoms with E-state index in [1.807, 2.05) is 30.3 Å². The highest BCUT2D eigenvalue weighted by Crippen LogP contribution is 2.49. The second-order valence-electron chi connectivity index (χ2n) is 4.51. The molecule has 0 saturated carbocycles. The third kappa shape index (κ3) is 2.50. The van der Waals surface area contributed by atoms with Crippen LogP contribution in [0.1, 0.15) is 38.4 Å². The highest BCUT2D eigenvalue weighted by Gasteiger charge is 2.60. The van der Waals surface area contributed by atoms with Crippen molar-refractivity contribution in [3.63, 3.8) is 0 Å². The predicted molar refractivity (Wildman–Crippen MR) is 64.5 cm³/mol. The Kier molecular flexibility index (Phi) is 3.48. The summed E-state index contributed by atoms with van der Waals surface area (Å²) in [5.74, 6) is -0.250. The second-order valence-corrected chi connectivity index (χ2v) is 4.51. The molecule has 1 saturated heterocycles. The van der Waals surface area contributed by atoms with E-state index in [9.17, 15) is 4.79 Å². The minimum absolute atomic E-state index is 0.155. The van der Waals surface area contributed by atoms with Crippen molar-refractivity contribution in [2.24, 2.45) is 0 Å². The number of carbonyl (C=O) groups is 1. The Morgan fingerprint density at radius 1 is 1.41 bits per heavy atom. The lowest BCUT2D eigenvalue weighted by Crippen LogP contribution is -2.24. The topological polar surface area (TPSA) is 38.8 Å². The molecule has 2 unspecified atom stereocenters. The predicted octanol–water partition coefficient (Wildman–Crippen LogP) is 2.86. The molecule has 2 atom stereocenters. The van der Waals surface area contributed by atoms with Crippen molar-refractivity contribution in [1.29, 1.82) is 0 Å². The number of rotatable bonds is 5. The first kappa shape index (κ1) is 12.1. The van der Waals surface area contributed by atoms with Gasteiger partial charge < -0.3 is 9.47 Å². The molecule has 1 aromatic rings. The maximum atomic E-state index is 11.8. The average molecular weight is 234 g/mol. The van der Waals surface area contributed by atoms with Crippen molar-refractivity contribution in [2.45, 2.75) is 38.4 Å². The quantitative estimate of drug-likeness (QED) is 0.446. The molecule has 0 amide bonds. The number of ether oxygens (including phenoxy) is 2. The highest BCUT2D eigenvalue weighted by atomic mass is 16.7. The largest absolute Gasteiger partial charge is 0.463 e. The minimum Gasteiger partial charge on any atom is -0.463 e. The molecule has 0 N–H and O–H groups in total. The number of esters is 1. The highest BCUT2D eigenvalue weighted by molar-refractivity contribution is 5.83. The monoisotopic (exact) mass is 234 g/mol. The van der Waals surface area contributed by atoms with Crippen LogP contribution in [0.3, 0.4) is 0 Å². The first-order valence-corrected chi connectivity index (χ1v) is 6.08. The summed E-state index contributed by atoms with van der Waals surface area (Å²) in [6, 6.07) is 9.77. The average Bonchev–Trinajstić information content (AvgIpc) is 3.05. The smallest absolute Gasteiger partial charge is 0.341 e. The SMILES string of the molecule is CCCCOC(=O)C1(C)OC1c1ccccc1. The molecule has 3 nitrogen and oxygen atoms in total. The van der Waals surface area contributed by atoms with Gasteiger partial charge in [0.1, 0.15) is 6.10 Å². The molecule has 17 heavy (non-hydrogen) atoms. The van der Waals surface area contributed by atoms with E-state index in [0.29, 0.717) is 6.61 Å². The van der Waals surface area contributed by atoms with E-state index in [1.54, 1.807) is 6.92 Å². The van der Waals surface area contributed by atoms with E-state index >= 15 is 0 Å². The Morgan fingerprint density at radius 3 is 2.76 bits per heavy atom. The minimum atomic E-state index is -0.783. The third-order valence-electron chi connectivity index (χ3n) is 3.04. The van der Waals surface area contributed by atoms with Gasteiger partial charge in [0.05, 0.1) is 6.61 Å². The van der Waals surface area contributed by atoms with Crippen molar-refractivity contribution >= 4 is 5.97 Å². The third-order valence-corrected chi connectivity index (χ3v) is 3.04. The zero-order valence-electron chi connectivity index (χ0n) is 10.3. The van der Waals surface area contributed by atoms with Gasteiger partial charge in [0.25, 0.3) is 0 Å². The van der Waals surface area contributed by atoms with E-state index in [2.05, 4.69) is 6.92 Å². The van der Waals surface area contributed by atoms with Crippen LogP contribution in [0.4, 0.5) is 0 Å². The standard InChI is InChI=1S/C14H18O3/c1-3-4-10-16-13(15)14(2)12(17-14)11-8-6-5-7-9-11/h5-9,12H,3-4,10H2,1-2H3. The van der Waals surface area contributed by atoms with Crippen LogP contribution < -0.4 is 0 Å². The Bertz CT molecular complexity index is 388. The number of benzene rings is 1. The van der Waals surface area contributed by atoms with E-state index < -0.39 is 5.60 Å². The second kappa shape index (κ2) is 4.88. The van der Waals surface area contributed by atoms with E-state index in [4.69, 9.17) is 9.47 Å². The molecule has 0 bridgehead atoms. The molecule has 0 aromatic heterocycles. The fourth-order valence-electron chi connectivity index (χ4n) is 1.83. The molecule has 1 aromatic carbocycles. The van der Waals surface area contributed by atoms with Crippen LogP contribution in [-0.4, -0.2) is 18.2 Å². The van der Waals surface area contributed by atoms with Crippen LogP contribution >= 0.6 is 0 Å². The van der Waals surface area contributed by atoms with Gasteiger partial charge in [0, 0.05) is 0 Å². The lowest BCUT2D eigenvalue weighted by molar-refractivity contribution is -0.149. The van der Waals surface area contributed by atoms with Gasteiger partial charge >= 0.3 is 5.97 Å². The van der Waals surface area contributed by atoms with Gasteiger partial charge in [-0.15, -0.1) is 0 Å². The van der Waals surface area contributed by atoms with Crippen LogP contribution in [-0.2, 0) is 14.3 Å². The van der Waals surface area contributed by atoms with Gasteiger partial charge in [0.15, 0.2) is 5.60 Å². The molecule has 1 aliphatic heterocycles. The zero-order chi connectivity index (χ0) is 12.3. The molecule has 1 aliphatic rings. The van der Waals surface area contributed by atoms with E-state index in [0.717, 1.165) is 18.4 Å². The molecule has 1 heterocycles. The van der Waals surface area contributed by atoms with Gasteiger partial charge in [0.2, 0.25) is 0 Å². The number of carbonyl (C=O) groups excluding carboxylic acids is 1. The molecule has 3 heteroatoms. The summed E-state index contributed by atoms with van der Waals surface area (Å²) in [7, 11) is 0. The molecule has 0 spiro atoms. The van der Waals surface area contributed by atoms with Crippen LogP contribution in [0.15, 0.2) is 30.3 Å². The van der Waals surface area contributed by atoms with E-state index in [-0.39, 0.29) is 12.1 Å². The van der Waals surface area contributed by atoms with Crippen molar-refractivity contribution in [1.82, 2.24) is 0 Å². The number of hydrogen-bond donors (Lipinski definition) is 0. The first-order valence-electron chi connectivity index (χ1n) is 6.08. The fourth-order valence-corrected chi connectivity index (χ4v) is 1.83. The molecular formula is C14H18O3. The Balaban J connectivity index is 1.93. The van der Waals surface area contributed by atoms with Gasteiger partial charge in [-0.1, -0.05) is 43.7 Å². The first-order chi connectivity index (χ1) is 8.18. The summed E-state index contributed by atoms with van der Waals surface area (Å²) in [6.07, 6.45) is 1.77. The van der Waals surface area contributed by atoms with Gasteiger partial charge in [-0.25, -0.2) is 4.79 Å². The maximum absolute atomic E-state index is 11.8. The molecule has 1 fully saturated rings. The van der Waals surface area contributed by atoms with Crippen LogP contribution in [0.2, 0.25) is 0 Å². The fraction of sp³-hybridized carbons (Fsp3) is 0.500. The van der Waals surface area contributed by atoms with Crippen molar-refractivity contribution in [3.8, 4) is 0 Å². The molecule has 2 rings (SSSR count). The Morgan fingerprint density at radius 2 is 2.12 bits per heavy atom. The number of unbranched alkanes of at least 4 members (excludes halogenated alkanes) is 1. The van der Waals surface area contributed by atoms with Crippen molar-refractivity contribution in [3.05, 3.63) is 35.9 Å². The maximum Gasteiger partial charge on any atom is 0.341 e. The summed E-state index contributed by atoms with van der Waals surface area (Å²) in [5.41, 5.74) is 0.247. The summed E-state index contributed by atoms with van der Waals surface area (Å²) in [5, 5.41) is 0. The molecule has 0 radical (unpaired) electrons. The van der Waals surface area contributed by atoms with Crippen LogP contribution in [0.25, 0.3) is 0 Å². The Hall–Kier alpha value is -1.35. The lowest BCUT2D eigenvalue weighted by atomic mass is 10.0. The van der Waals surface area contributed by atoms with Crippen molar-refractivity contribution in [2.75, 3.05) is 6.61 Å². The summed E-state index contributed by atoms with van der Waals surface area (Å²) < 4.78 is 10.7. The summed E-state index contributed by atoms with van der Waals surface area (Å²) in [4.78, 5) is 11.8. The molecular weight excluding hydrogens is 216 g/mol. The molecule has 0 aliphatic carbocycles. The van der Waals surface area contributed by atoms with Crippen LogP contribution in [0, 0.1) is 0 Å². The van der Waals surface area contributed by atoms with Gasteiger partial charge in [-0.05, 0) is 18.9 Å². The van der Waals surface area contributed by atoms with E-state index in [1.165, 1.54) is 0 Å². The van der Waals surface area contributed by atoms with Gasteiger partial charge in [-0.2, -0.15) is 0 Å². The number of epoxide rings is 1. The normalized spacial score (nSPS) is 26.6.